The number of rotatable bonds is 5. The first-order valence-electron chi connectivity index (χ1n) is 11.0. The van der Waals surface area contributed by atoms with Gasteiger partial charge in [0.1, 0.15) is 0 Å². The van der Waals surface area contributed by atoms with Gasteiger partial charge in [-0.3, -0.25) is 9.59 Å². The molecule has 1 aliphatic rings. The predicted octanol–water partition coefficient (Wildman–Crippen LogP) is 5.89. The third-order valence-corrected chi connectivity index (χ3v) is 7.41. The largest absolute Gasteiger partial charge is 0.375 e. The van der Waals surface area contributed by atoms with E-state index >= 15 is 0 Å². The van der Waals surface area contributed by atoms with Crippen LogP contribution in [-0.4, -0.2) is 16.8 Å². The fourth-order valence-corrected chi connectivity index (χ4v) is 5.03. The molecule has 0 aromatic heterocycles. The van der Waals surface area contributed by atoms with Crippen molar-refractivity contribution < 1.29 is 14.7 Å². The molecule has 0 unspecified atom stereocenters. The van der Waals surface area contributed by atoms with Gasteiger partial charge in [0.05, 0.1) is 18.7 Å². The van der Waals surface area contributed by atoms with E-state index in [1.807, 2.05) is 65.0 Å². The Morgan fingerprint density at radius 2 is 1.48 bits per heavy atom. The van der Waals surface area contributed by atoms with Gasteiger partial charge >= 0.3 is 0 Å². The first-order chi connectivity index (χ1) is 15.6. The molecule has 0 saturated heterocycles. The molecule has 3 aromatic rings. The van der Waals surface area contributed by atoms with Crippen molar-refractivity contribution in [2.45, 2.75) is 53.2 Å². The molecule has 1 aliphatic heterocycles. The van der Waals surface area contributed by atoms with E-state index in [1.165, 1.54) is 0 Å². The second-order valence-electron chi connectivity index (χ2n) is 9.00. The van der Waals surface area contributed by atoms with Crippen LogP contribution in [0.5, 0.6) is 0 Å². The molecule has 0 radical (unpaired) electrons. The van der Waals surface area contributed by atoms with E-state index in [4.69, 9.17) is 11.6 Å². The molecule has 1 heterocycles. The Kier molecular flexibility index (Phi) is 5.94. The smallest absolute Gasteiger partial charge is 0.264 e. The minimum Gasteiger partial charge on any atom is -0.375 e. The van der Waals surface area contributed by atoms with Crippen LogP contribution in [0.1, 0.15) is 55.7 Å². The molecule has 0 fully saturated rings. The molecule has 4 nitrogen and oxygen atoms in total. The van der Waals surface area contributed by atoms with Crippen LogP contribution in [0, 0.1) is 34.6 Å². The van der Waals surface area contributed by atoms with E-state index in [0.717, 1.165) is 33.4 Å². The Balaban J connectivity index is 1.77. The lowest BCUT2D eigenvalue weighted by Crippen LogP contribution is -2.41. The molecule has 1 amide bonds. The highest BCUT2D eigenvalue weighted by atomic mass is 35.5. The van der Waals surface area contributed by atoms with Crippen molar-refractivity contribution >= 4 is 29.0 Å². The van der Waals surface area contributed by atoms with E-state index in [2.05, 4.69) is 0 Å². The van der Waals surface area contributed by atoms with Gasteiger partial charge in [0, 0.05) is 16.1 Å². The van der Waals surface area contributed by atoms with Crippen molar-refractivity contribution in [3.05, 3.63) is 98.1 Å². The summed E-state index contributed by atoms with van der Waals surface area (Å²) in [5.74, 6) is -0.757. The summed E-state index contributed by atoms with van der Waals surface area (Å²) in [6.07, 6.45) is -0.339. The number of aliphatic hydroxyl groups is 1. The zero-order valence-electron chi connectivity index (χ0n) is 19.6. The molecule has 5 heteroatoms. The Hall–Kier alpha value is -2.95. The number of ketones is 1. The lowest BCUT2D eigenvalue weighted by molar-refractivity contribution is -0.136. The monoisotopic (exact) mass is 461 g/mol. The number of Topliss-reactive ketones (excluding diaryl/α,β-unsaturated/α-hetero) is 1. The fourth-order valence-electron chi connectivity index (χ4n) is 4.86. The molecule has 0 saturated carbocycles. The number of anilines is 1. The summed E-state index contributed by atoms with van der Waals surface area (Å²) in [6.45, 7) is 10.2. The van der Waals surface area contributed by atoms with Crippen molar-refractivity contribution in [1.82, 2.24) is 0 Å². The van der Waals surface area contributed by atoms with Gasteiger partial charge in [-0.15, -0.1) is 0 Å². The van der Waals surface area contributed by atoms with E-state index in [-0.39, 0.29) is 12.2 Å². The van der Waals surface area contributed by atoms with Gasteiger partial charge in [-0.1, -0.05) is 41.9 Å². The van der Waals surface area contributed by atoms with Crippen LogP contribution in [-0.2, 0) is 16.9 Å². The topological polar surface area (TPSA) is 57.6 Å². The van der Waals surface area contributed by atoms with Gasteiger partial charge in [-0.25, -0.2) is 0 Å². The van der Waals surface area contributed by atoms with Crippen LogP contribution in [0.3, 0.4) is 0 Å². The van der Waals surface area contributed by atoms with Crippen LogP contribution in [0.2, 0.25) is 5.02 Å². The fraction of sp³-hybridized carbons (Fsp3) is 0.286. The minimum atomic E-state index is -1.97. The number of halogens is 1. The molecule has 0 spiro atoms. The van der Waals surface area contributed by atoms with Crippen molar-refractivity contribution in [2.24, 2.45) is 0 Å². The van der Waals surface area contributed by atoms with E-state index in [1.54, 1.807) is 23.1 Å². The molecule has 4 rings (SSSR count). The van der Waals surface area contributed by atoms with Crippen molar-refractivity contribution in [3.8, 4) is 0 Å². The number of nitrogens with zero attached hydrogens (tertiary/aromatic N) is 1. The van der Waals surface area contributed by atoms with Crippen LogP contribution in [0.25, 0.3) is 0 Å². The number of carbonyl (C=O) groups excluding carboxylic acids is 2. The van der Waals surface area contributed by atoms with Gasteiger partial charge < -0.3 is 10.0 Å². The highest BCUT2D eigenvalue weighted by molar-refractivity contribution is 6.31. The SMILES string of the molecule is Cc1c(C)c(C)c(C(=O)C[C@@]2(O)C(=O)N(Cc3ccccc3)c3ccc(Cl)cc32)c(C)c1C. The standard InChI is InChI=1S/C28H28ClNO3/c1-16-17(2)19(4)26(20(5)18(16)3)25(31)14-28(33)23-13-22(29)11-12-24(23)30(27(28)32)15-21-9-7-6-8-10-21/h6-13,33H,14-15H2,1-5H3/t28-/m0/s1. The molecular weight excluding hydrogens is 434 g/mol. The predicted molar refractivity (Wildman–Crippen MR) is 132 cm³/mol. The van der Waals surface area contributed by atoms with Gasteiger partial charge in [0.25, 0.3) is 5.91 Å². The summed E-state index contributed by atoms with van der Waals surface area (Å²) in [4.78, 5) is 28.8. The number of fused-ring (bicyclic) bond motifs is 1. The van der Waals surface area contributed by atoms with Gasteiger partial charge in [0.2, 0.25) is 0 Å². The van der Waals surface area contributed by atoms with Crippen molar-refractivity contribution in [1.29, 1.82) is 0 Å². The van der Waals surface area contributed by atoms with Crippen LogP contribution < -0.4 is 4.90 Å². The normalized spacial score (nSPS) is 17.4. The summed E-state index contributed by atoms with van der Waals surface area (Å²) < 4.78 is 0. The lowest BCUT2D eigenvalue weighted by Gasteiger charge is -2.24. The maximum absolute atomic E-state index is 13.6. The molecule has 1 atom stereocenters. The van der Waals surface area contributed by atoms with Crippen LogP contribution in [0.4, 0.5) is 5.69 Å². The maximum atomic E-state index is 13.6. The van der Waals surface area contributed by atoms with Gasteiger partial charge in [-0.05, 0) is 86.2 Å². The lowest BCUT2D eigenvalue weighted by atomic mass is 9.82. The number of carbonyl (C=O) groups is 2. The molecule has 33 heavy (non-hydrogen) atoms. The summed E-state index contributed by atoms with van der Waals surface area (Å²) in [7, 11) is 0. The van der Waals surface area contributed by atoms with Gasteiger partial charge in [-0.2, -0.15) is 0 Å². The summed E-state index contributed by atoms with van der Waals surface area (Å²) >= 11 is 6.24. The zero-order valence-corrected chi connectivity index (χ0v) is 20.4. The first-order valence-corrected chi connectivity index (χ1v) is 11.4. The van der Waals surface area contributed by atoms with Gasteiger partial charge in [0.15, 0.2) is 11.4 Å². The third kappa shape index (κ3) is 3.77. The molecule has 1 N–H and O–H groups in total. The van der Waals surface area contributed by atoms with Crippen LogP contribution >= 0.6 is 11.6 Å². The summed E-state index contributed by atoms with van der Waals surface area (Å²) in [5.41, 5.74) is 5.54. The second kappa shape index (κ2) is 8.44. The second-order valence-corrected chi connectivity index (χ2v) is 9.44. The Morgan fingerprint density at radius 1 is 0.909 bits per heavy atom. The number of amides is 1. The Labute approximate surface area is 199 Å². The highest BCUT2D eigenvalue weighted by Gasteiger charge is 2.51. The zero-order chi connectivity index (χ0) is 24.1. The van der Waals surface area contributed by atoms with E-state index < -0.39 is 11.5 Å². The summed E-state index contributed by atoms with van der Waals surface area (Å²) in [6, 6.07) is 14.6. The molecule has 0 aliphatic carbocycles. The average molecular weight is 462 g/mol. The molecule has 170 valence electrons. The summed E-state index contributed by atoms with van der Waals surface area (Å²) in [5, 5.41) is 12.1. The van der Waals surface area contributed by atoms with Crippen molar-refractivity contribution in [2.75, 3.05) is 4.90 Å². The molecule has 0 bridgehead atoms. The number of hydrogen-bond acceptors (Lipinski definition) is 3. The minimum absolute atomic E-state index is 0.250. The van der Waals surface area contributed by atoms with Crippen LogP contribution in [0.15, 0.2) is 48.5 Å². The van der Waals surface area contributed by atoms with E-state index in [0.29, 0.717) is 28.4 Å². The molecule has 3 aromatic carbocycles. The quantitative estimate of drug-likeness (QED) is 0.482. The highest BCUT2D eigenvalue weighted by Crippen LogP contribution is 2.45. The molecular formula is C28H28ClNO3. The maximum Gasteiger partial charge on any atom is 0.264 e. The Bertz CT molecular complexity index is 1250. The first kappa shape index (κ1) is 23.2. The Morgan fingerprint density at radius 3 is 2.09 bits per heavy atom. The third-order valence-electron chi connectivity index (χ3n) is 7.17. The van der Waals surface area contributed by atoms with Crippen molar-refractivity contribution in [3.63, 3.8) is 0 Å². The van der Waals surface area contributed by atoms with E-state index in [9.17, 15) is 14.7 Å². The number of hydrogen-bond donors (Lipinski definition) is 1. The average Bonchev–Trinajstić information content (AvgIpc) is 2.98. The number of benzene rings is 3.